The minimum absolute atomic E-state index is 0.0108. The summed E-state index contributed by atoms with van der Waals surface area (Å²) in [6.07, 6.45) is 32.0. The van der Waals surface area contributed by atoms with Crippen LogP contribution in [0.3, 0.4) is 0 Å². The normalized spacial score (nSPS) is 22.9. The molecule has 0 atom stereocenters. The summed E-state index contributed by atoms with van der Waals surface area (Å²) in [5.41, 5.74) is 9.05. The maximum atomic E-state index is 5.56. The van der Waals surface area contributed by atoms with Gasteiger partial charge in [-0.05, 0) is 0 Å². The zero-order valence-corrected chi connectivity index (χ0v) is 29.1. The maximum absolute atomic E-state index is 5.56. The van der Waals surface area contributed by atoms with Crippen molar-refractivity contribution in [3.8, 4) is 0 Å². The SMILES string of the molecule is B[PH](Cc1ccc2ccc3ccc(CP(C4CCCCC4)C4CCCCC4)nc3c2n1)(C1CCCCC1)C1CCCCC1. The summed E-state index contributed by atoms with van der Waals surface area (Å²) in [4.78, 5) is 11.1. The van der Waals surface area contributed by atoms with Gasteiger partial charge in [-0.1, -0.05) is 12.8 Å². The van der Waals surface area contributed by atoms with Crippen LogP contribution >= 0.6 is 15.1 Å². The number of aromatic nitrogens is 2. The van der Waals surface area contributed by atoms with Crippen molar-refractivity contribution >= 4 is 44.4 Å². The summed E-state index contributed by atoms with van der Waals surface area (Å²) in [5.74, 6) is 0. The second-order valence-electron chi connectivity index (χ2n) is 15.4. The Kier molecular flexibility index (Phi) is 10.1. The van der Waals surface area contributed by atoms with Gasteiger partial charge in [0.05, 0.1) is 0 Å². The average molecular weight is 615 g/mol. The van der Waals surface area contributed by atoms with Crippen molar-refractivity contribution in [3.63, 3.8) is 0 Å². The Labute approximate surface area is 264 Å². The van der Waals surface area contributed by atoms with Gasteiger partial charge in [-0.25, -0.2) is 0 Å². The molecule has 0 radical (unpaired) electrons. The van der Waals surface area contributed by atoms with Crippen LogP contribution in [-0.4, -0.2) is 40.2 Å². The fraction of sp³-hybridized carbons (Fsp3) is 0.684. The molecule has 0 aliphatic heterocycles. The topological polar surface area (TPSA) is 25.8 Å². The van der Waals surface area contributed by atoms with E-state index >= 15 is 0 Å². The number of fused-ring (bicyclic) bond motifs is 3. The van der Waals surface area contributed by atoms with Gasteiger partial charge < -0.3 is 0 Å². The van der Waals surface area contributed by atoms with E-state index in [0.29, 0.717) is 0 Å². The Bertz CT molecular complexity index is 1320. The first kappa shape index (κ1) is 30.6. The molecule has 4 aliphatic carbocycles. The molecule has 0 bridgehead atoms. The van der Waals surface area contributed by atoms with Crippen LogP contribution in [0.1, 0.15) is 140 Å². The summed E-state index contributed by atoms with van der Waals surface area (Å²) in [7, 11) is 1.32. The third-order valence-electron chi connectivity index (χ3n) is 12.7. The molecule has 0 spiro atoms. The van der Waals surface area contributed by atoms with Crippen molar-refractivity contribution in [3.05, 3.63) is 47.8 Å². The fourth-order valence-corrected chi connectivity index (χ4v) is 19.5. The van der Waals surface area contributed by atoms with Crippen molar-refractivity contribution in [1.29, 1.82) is 0 Å². The molecule has 232 valence electrons. The van der Waals surface area contributed by atoms with Crippen molar-refractivity contribution < 1.29 is 0 Å². The fourth-order valence-electron chi connectivity index (χ4n) is 10.1. The van der Waals surface area contributed by atoms with Crippen LogP contribution in [0.4, 0.5) is 0 Å². The number of pyridine rings is 2. The zero-order valence-electron chi connectivity index (χ0n) is 27.2. The molecule has 1 aromatic carbocycles. The van der Waals surface area contributed by atoms with Crippen molar-refractivity contribution in [2.45, 2.75) is 163 Å². The number of rotatable bonds is 8. The Hall–Kier alpha value is -1.04. The molecule has 4 saturated carbocycles. The molecule has 2 nitrogen and oxygen atoms in total. The van der Waals surface area contributed by atoms with Gasteiger partial charge in [0.25, 0.3) is 0 Å². The molecule has 4 fully saturated rings. The van der Waals surface area contributed by atoms with Gasteiger partial charge >= 0.3 is 253 Å². The van der Waals surface area contributed by atoms with Gasteiger partial charge in [0.1, 0.15) is 0 Å². The average Bonchev–Trinajstić information content (AvgIpc) is 3.08. The summed E-state index contributed by atoms with van der Waals surface area (Å²) in [5, 5.41) is 2.56. The molecule has 5 heteroatoms. The third-order valence-corrected chi connectivity index (χ3v) is 22.3. The molecule has 2 heterocycles. The van der Waals surface area contributed by atoms with E-state index in [9.17, 15) is 0 Å². The minimum atomic E-state index is -1.50. The molecule has 3 aromatic rings. The molecule has 0 saturated heterocycles. The summed E-state index contributed by atoms with van der Waals surface area (Å²) < 4.78 is 0. The molecule has 43 heavy (non-hydrogen) atoms. The van der Waals surface area contributed by atoms with E-state index in [1.54, 1.807) is 0 Å². The van der Waals surface area contributed by atoms with Crippen LogP contribution in [0, 0.1) is 0 Å². The van der Waals surface area contributed by atoms with Crippen molar-refractivity contribution in [2.75, 3.05) is 0 Å². The molecule has 0 N–H and O–H groups in total. The first-order valence-corrected chi connectivity index (χ1v) is 23.1. The molecule has 7 rings (SSSR count). The third kappa shape index (κ3) is 6.90. The van der Waals surface area contributed by atoms with E-state index < -0.39 is 7.14 Å². The van der Waals surface area contributed by atoms with Crippen LogP contribution in [0.15, 0.2) is 36.4 Å². The van der Waals surface area contributed by atoms with Gasteiger partial charge in [0.15, 0.2) is 0 Å². The van der Waals surface area contributed by atoms with Crippen molar-refractivity contribution in [2.24, 2.45) is 0 Å². The summed E-state index contributed by atoms with van der Waals surface area (Å²) >= 11 is 0. The zero-order chi connectivity index (χ0) is 29.1. The summed E-state index contributed by atoms with van der Waals surface area (Å²) in [6, 6.07) is 14.1. The number of benzene rings is 1. The Morgan fingerprint density at radius 1 is 0.535 bits per heavy atom. The second-order valence-corrected chi connectivity index (χ2v) is 23.2. The predicted octanol–water partition coefficient (Wildman–Crippen LogP) is 10.9. The van der Waals surface area contributed by atoms with Gasteiger partial charge in [-0.2, -0.15) is 0 Å². The van der Waals surface area contributed by atoms with E-state index in [-0.39, 0.29) is 7.92 Å². The van der Waals surface area contributed by atoms with E-state index in [0.717, 1.165) is 22.6 Å². The standard InChI is InChI=1S/C38H57BN2P2/c39-43(35-17-9-3-10-18-35,36-19-11-4-12-20-36)28-32-26-24-30-22-21-29-23-25-31(40-37(29)38(30)41-32)27-42(33-13-5-1-6-14-33)34-15-7-2-8-16-34/h21-26,33-36,43H,1-20,27-28,39H2. The van der Waals surface area contributed by atoms with Crippen LogP contribution in [-0.2, 0) is 12.3 Å². The predicted molar refractivity (Wildman–Crippen MR) is 196 cm³/mol. The molecule has 0 amide bonds. The molecule has 2 aromatic heterocycles. The number of nitrogens with zero attached hydrogens (tertiary/aromatic N) is 2. The quantitative estimate of drug-likeness (QED) is 0.143. The number of hydrogen-bond acceptors (Lipinski definition) is 2. The van der Waals surface area contributed by atoms with Gasteiger partial charge in [0.2, 0.25) is 0 Å². The molecular weight excluding hydrogens is 557 g/mol. The first-order chi connectivity index (χ1) is 21.2. The van der Waals surface area contributed by atoms with Crippen LogP contribution in [0.25, 0.3) is 21.8 Å². The summed E-state index contributed by atoms with van der Waals surface area (Å²) in [6.45, 7) is 0. The van der Waals surface area contributed by atoms with E-state index in [1.165, 1.54) is 174 Å². The van der Waals surface area contributed by atoms with E-state index in [4.69, 9.17) is 9.97 Å². The van der Waals surface area contributed by atoms with Crippen LogP contribution in [0.2, 0.25) is 0 Å². The van der Waals surface area contributed by atoms with Crippen molar-refractivity contribution in [1.82, 2.24) is 9.97 Å². The Balaban J connectivity index is 1.20. The van der Waals surface area contributed by atoms with E-state index in [1.807, 2.05) is 0 Å². The van der Waals surface area contributed by atoms with Crippen LogP contribution in [0.5, 0.6) is 0 Å². The molecule has 0 unspecified atom stereocenters. The van der Waals surface area contributed by atoms with E-state index in [2.05, 4.69) is 44.0 Å². The van der Waals surface area contributed by atoms with Gasteiger partial charge in [-0.15, -0.1) is 0 Å². The molecule has 4 aliphatic rings. The Morgan fingerprint density at radius 3 is 1.42 bits per heavy atom. The first-order valence-electron chi connectivity index (χ1n) is 18.6. The number of hydrogen-bond donors (Lipinski definition) is 0. The Morgan fingerprint density at radius 2 is 0.930 bits per heavy atom. The molecular formula is C38H57BN2P2. The van der Waals surface area contributed by atoms with Gasteiger partial charge in [0, 0.05) is 0 Å². The monoisotopic (exact) mass is 614 g/mol. The van der Waals surface area contributed by atoms with Crippen LogP contribution < -0.4 is 0 Å². The van der Waals surface area contributed by atoms with Gasteiger partial charge in [-0.3, -0.25) is 0 Å². The second kappa shape index (κ2) is 14.2.